The number of nitrogens with zero attached hydrogens (tertiary/aromatic N) is 5. The van der Waals surface area contributed by atoms with E-state index in [0.717, 1.165) is 64.0 Å². The Labute approximate surface area is 230 Å². The van der Waals surface area contributed by atoms with Gasteiger partial charge in [-0.15, -0.1) is 0 Å². The van der Waals surface area contributed by atoms with Crippen LogP contribution in [0.5, 0.6) is 0 Å². The molecule has 0 saturated heterocycles. The van der Waals surface area contributed by atoms with Crippen molar-refractivity contribution in [1.29, 1.82) is 0 Å². The number of rotatable bonds is 4. The van der Waals surface area contributed by atoms with Gasteiger partial charge < -0.3 is 0 Å². The van der Waals surface area contributed by atoms with Crippen LogP contribution in [0.3, 0.4) is 0 Å². The van der Waals surface area contributed by atoms with Crippen LogP contribution in [0, 0.1) is 41.3 Å². The smallest absolute Gasteiger partial charge is 0.163 e. The normalized spacial score (nSPS) is 39.5. The first-order valence-corrected chi connectivity index (χ1v) is 15.5. The van der Waals surface area contributed by atoms with E-state index in [1.54, 1.807) is 16.8 Å². The highest BCUT2D eigenvalue weighted by molar-refractivity contribution is 5.68. The highest BCUT2D eigenvalue weighted by Gasteiger charge is 2.56. The van der Waals surface area contributed by atoms with Crippen LogP contribution in [0.1, 0.15) is 88.7 Å². The van der Waals surface area contributed by atoms with Gasteiger partial charge in [-0.2, -0.15) is 5.10 Å². The number of hydrogen-bond acceptors (Lipinski definition) is 4. The Kier molecular flexibility index (Phi) is 4.73. The van der Waals surface area contributed by atoms with E-state index in [1.807, 2.05) is 25.4 Å². The Morgan fingerprint density at radius 3 is 1.56 bits per heavy atom. The lowest BCUT2D eigenvalue weighted by Crippen LogP contribution is -2.51. The maximum Gasteiger partial charge on any atom is 0.163 e. The predicted octanol–water partition coefficient (Wildman–Crippen LogP) is 7.01. The Morgan fingerprint density at radius 2 is 1.13 bits per heavy atom. The zero-order chi connectivity index (χ0) is 25.9. The fourth-order valence-electron chi connectivity index (χ4n) is 11.2. The van der Waals surface area contributed by atoms with Crippen molar-refractivity contribution < 1.29 is 4.39 Å². The zero-order valence-corrected chi connectivity index (χ0v) is 23.0. The number of halogens is 1. The largest absolute Gasteiger partial charge is 0.275 e. The molecule has 8 bridgehead atoms. The molecule has 0 amide bonds. The van der Waals surface area contributed by atoms with Gasteiger partial charge in [0, 0.05) is 35.2 Å². The van der Waals surface area contributed by atoms with Crippen molar-refractivity contribution in [1.82, 2.24) is 24.7 Å². The zero-order valence-electron chi connectivity index (χ0n) is 23.0. The van der Waals surface area contributed by atoms with Crippen LogP contribution in [0.25, 0.3) is 22.6 Å². The molecule has 3 aromatic rings. The molecule has 0 atom stereocenters. The van der Waals surface area contributed by atoms with Gasteiger partial charge in [-0.05, 0) is 137 Å². The third-order valence-corrected chi connectivity index (χ3v) is 11.8. The predicted molar refractivity (Wildman–Crippen MR) is 147 cm³/mol. The summed E-state index contributed by atoms with van der Waals surface area (Å²) >= 11 is 0. The lowest BCUT2D eigenvalue weighted by molar-refractivity contribution is -0.0155. The first-order valence-electron chi connectivity index (χ1n) is 15.5. The molecule has 0 spiro atoms. The van der Waals surface area contributed by atoms with E-state index in [2.05, 4.69) is 5.10 Å². The van der Waals surface area contributed by atoms with Gasteiger partial charge in [0.15, 0.2) is 5.82 Å². The summed E-state index contributed by atoms with van der Waals surface area (Å²) in [7, 11) is 1.89. The second-order valence-corrected chi connectivity index (χ2v) is 14.8. The lowest BCUT2D eigenvalue weighted by atomic mass is 9.49. The molecule has 0 unspecified atom stereocenters. The molecule has 8 saturated carbocycles. The van der Waals surface area contributed by atoms with Gasteiger partial charge in [-0.25, -0.2) is 19.3 Å². The van der Waals surface area contributed by atoms with Crippen molar-refractivity contribution in [3.05, 3.63) is 47.9 Å². The molecule has 8 aliphatic rings. The summed E-state index contributed by atoms with van der Waals surface area (Å²) in [6.07, 6.45) is 17.7. The van der Waals surface area contributed by atoms with Crippen molar-refractivity contribution in [2.24, 2.45) is 42.6 Å². The second kappa shape index (κ2) is 7.98. The summed E-state index contributed by atoms with van der Waals surface area (Å²) in [6, 6.07) is 7.17. The van der Waals surface area contributed by atoms with Gasteiger partial charge in [-0.1, -0.05) is 0 Å². The van der Waals surface area contributed by atoms with Crippen LogP contribution in [0.2, 0.25) is 0 Å². The molecule has 1 aromatic carbocycles. The molecule has 5 nitrogen and oxygen atoms in total. The molecule has 0 radical (unpaired) electrons. The molecule has 8 aliphatic carbocycles. The van der Waals surface area contributed by atoms with E-state index in [1.165, 1.54) is 77.0 Å². The quantitative estimate of drug-likeness (QED) is 0.369. The minimum absolute atomic E-state index is 0.0840. The van der Waals surface area contributed by atoms with Gasteiger partial charge in [0.05, 0.1) is 5.69 Å². The van der Waals surface area contributed by atoms with Gasteiger partial charge in [-0.3, -0.25) is 4.68 Å². The molecule has 6 heteroatoms. The molecule has 0 aliphatic heterocycles. The average Bonchev–Trinajstić information content (AvgIpc) is 3.33. The molecular weight excluding hydrogens is 485 g/mol. The van der Waals surface area contributed by atoms with Crippen LogP contribution >= 0.6 is 0 Å². The van der Waals surface area contributed by atoms with Crippen LogP contribution in [0.4, 0.5) is 4.39 Å². The van der Waals surface area contributed by atoms with E-state index in [4.69, 9.17) is 15.0 Å². The third-order valence-electron chi connectivity index (χ3n) is 11.8. The third kappa shape index (κ3) is 3.62. The summed E-state index contributed by atoms with van der Waals surface area (Å²) in [5.74, 6) is 7.44. The number of aromatic nitrogens is 5. The first-order chi connectivity index (χ1) is 18.9. The topological polar surface area (TPSA) is 56.5 Å². The van der Waals surface area contributed by atoms with Crippen LogP contribution in [-0.4, -0.2) is 24.7 Å². The van der Waals surface area contributed by atoms with Gasteiger partial charge in [0.25, 0.3) is 0 Å². The van der Waals surface area contributed by atoms with Crippen LogP contribution in [0.15, 0.2) is 30.5 Å². The molecule has 2 heterocycles. The molecule has 2 aromatic heterocycles. The Bertz CT molecular complexity index is 1340. The molecule has 0 N–H and O–H groups in total. The van der Waals surface area contributed by atoms with Crippen molar-refractivity contribution in [2.75, 3.05) is 0 Å². The monoisotopic (exact) mass is 523 g/mol. The fourth-order valence-corrected chi connectivity index (χ4v) is 11.2. The maximum absolute atomic E-state index is 15.1. The Hall–Kier alpha value is -2.63. The van der Waals surface area contributed by atoms with E-state index in [0.29, 0.717) is 5.82 Å². The molecule has 8 fully saturated rings. The van der Waals surface area contributed by atoms with E-state index < -0.39 is 0 Å². The van der Waals surface area contributed by atoms with Crippen LogP contribution in [-0.2, 0) is 17.9 Å². The Balaban J connectivity index is 1.21. The fraction of sp³-hybridized carbons (Fsp3) is 0.636. The minimum atomic E-state index is -0.263. The maximum atomic E-state index is 15.1. The van der Waals surface area contributed by atoms with Crippen molar-refractivity contribution in [3.63, 3.8) is 0 Å². The minimum Gasteiger partial charge on any atom is -0.275 e. The second-order valence-electron chi connectivity index (χ2n) is 14.8. The SMILES string of the molecule is Cn1ccc(-c2cc(F)cc(-c3nc(C45CC6CC(CC(C6)C4)C5)nc(C45CC6CC(CC(C6)C4)C5)n3)c2)n1. The summed E-state index contributed by atoms with van der Waals surface area (Å²) in [4.78, 5) is 16.1. The van der Waals surface area contributed by atoms with Gasteiger partial charge in [0.1, 0.15) is 17.5 Å². The lowest BCUT2D eigenvalue weighted by Gasteiger charge is -2.57. The van der Waals surface area contributed by atoms with Crippen LogP contribution < -0.4 is 0 Å². The van der Waals surface area contributed by atoms with Crippen molar-refractivity contribution in [3.8, 4) is 22.6 Å². The number of benzene rings is 1. The van der Waals surface area contributed by atoms with Gasteiger partial charge in [0.2, 0.25) is 0 Å². The standard InChI is InChI=1S/C33H38FN5/c1-39-3-2-28(38-39)25-10-26(12-27(34)11-25)29-35-30(32-13-19-4-20(14-32)6-21(5-19)15-32)37-31(36-29)33-16-22-7-23(17-33)9-24(8-22)18-33/h2-3,10-12,19-24H,4-9,13-18H2,1H3. The average molecular weight is 524 g/mol. The van der Waals surface area contributed by atoms with Crippen molar-refractivity contribution in [2.45, 2.75) is 87.9 Å². The first kappa shape index (κ1) is 23.1. The molecule has 202 valence electrons. The van der Waals surface area contributed by atoms with Gasteiger partial charge >= 0.3 is 0 Å². The summed E-state index contributed by atoms with van der Waals surface area (Å²) in [6.45, 7) is 0. The molecular formula is C33H38FN5. The highest BCUT2D eigenvalue weighted by Crippen LogP contribution is 2.62. The van der Waals surface area contributed by atoms with Crippen molar-refractivity contribution >= 4 is 0 Å². The molecule has 11 rings (SSSR count). The highest BCUT2D eigenvalue weighted by atomic mass is 19.1. The van der Waals surface area contributed by atoms with E-state index >= 15 is 4.39 Å². The molecule has 39 heavy (non-hydrogen) atoms. The number of aryl methyl sites for hydroxylation is 1. The summed E-state index contributed by atoms with van der Waals surface area (Å²) in [5, 5.41) is 4.54. The summed E-state index contributed by atoms with van der Waals surface area (Å²) in [5.41, 5.74) is 2.48. The Morgan fingerprint density at radius 1 is 0.667 bits per heavy atom. The summed E-state index contributed by atoms with van der Waals surface area (Å²) < 4.78 is 16.9. The van der Waals surface area contributed by atoms with E-state index in [-0.39, 0.29) is 16.6 Å². The van der Waals surface area contributed by atoms with E-state index in [9.17, 15) is 0 Å². The number of hydrogen-bond donors (Lipinski definition) is 0.